The maximum Gasteiger partial charge on any atom is 0.274 e. The van der Waals surface area contributed by atoms with E-state index in [0.717, 1.165) is 11.0 Å². The van der Waals surface area contributed by atoms with Gasteiger partial charge in [0.1, 0.15) is 17.0 Å². The average Bonchev–Trinajstić information content (AvgIpc) is 3.06. The molecular weight excluding hydrogens is 294 g/mol. The Kier molecular flexibility index (Phi) is 3.51. The Hall–Kier alpha value is -2.73. The first-order valence-corrected chi connectivity index (χ1v) is 7.49. The molecule has 0 radical (unpaired) electrons. The zero-order valence-corrected chi connectivity index (χ0v) is 12.4. The van der Waals surface area contributed by atoms with E-state index < -0.39 is 0 Å². The number of fused-ring (bicyclic) bond motifs is 1. The number of furan rings is 1. The molecule has 1 aliphatic heterocycles. The van der Waals surface area contributed by atoms with Crippen molar-refractivity contribution >= 4 is 16.9 Å². The second kappa shape index (κ2) is 5.81. The third kappa shape index (κ3) is 2.68. The molecule has 23 heavy (non-hydrogen) atoms. The van der Waals surface area contributed by atoms with Crippen molar-refractivity contribution in [3.05, 3.63) is 48.4 Å². The van der Waals surface area contributed by atoms with Gasteiger partial charge in [-0.2, -0.15) is 0 Å². The van der Waals surface area contributed by atoms with Crippen LogP contribution in [0.1, 0.15) is 10.5 Å². The molecule has 0 bridgehead atoms. The van der Waals surface area contributed by atoms with Crippen molar-refractivity contribution < 1.29 is 13.9 Å². The van der Waals surface area contributed by atoms with E-state index >= 15 is 0 Å². The van der Waals surface area contributed by atoms with Crippen LogP contribution in [0, 0.1) is 0 Å². The molecule has 116 valence electrons. The van der Waals surface area contributed by atoms with Crippen LogP contribution in [0.2, 0.25) is 0 Å². The lowest BCUT2D eigenvalue weighted by atomic mass is 10.2. The van der Waals surface area contributed by atoms with Gasteiger partial charge in [-0.15, -0.1) is 0 Å². The molecule has 2 aromatic heterocycles. The molecule has 0 unspecified atom stereocenters. The molecule has 6 heteroatoms. The normalized spacial score (nSPS) is 15.0. The summed E-state index contributed by atoms with van der Waals surface area (Å²) >= 11 is 0. The van der Waals surface area contributed by atoms with Gasteiger partial charge >= 0.3 is 0 Å². The highest BCUT2D eigenvalue weighted by Gasteiger charge is 2.20. The lowest BCUT2D eigenvalue weighted by Crippen LogP contribution is -2.41. The number of aromatic nitrogens is 2. The summed E-state index contributed by atoms with van der Waals surface area (Å²) in [6.07, 6.45) is 3.09. The number of hydrogen-bond donors (Lipinski definition) is 0. The van der Waals surface area contributed by atoms with Gasteiger partial charge in [-0.05, 0) is 12.1 Å². The molecule has 1 aliphatic rings. The molecule has 4 rings (SSSR count). The topological polar surface area (TPSA) is 68.5 Å². The van der Waals surface area contributed by atoms with E-state index in [2.05, 4.69) is 9.97 Å². The summed E-state index contributed by atoms with van der Waals surface area (Å²) in [6.45, 7) is 2.27. The molecule has 1 saturated heterocycles. The van der Waals surface area contributed by atoms with Gasteiger partial charge in [-0.25, -0.2) is 4.98 Å². The van der Waals surface area contributed by atoms with Gasteiger partial charge in [0.05, 0.1) is 25.6 Å². The molecule has 1 amide bonds. The standard InChI is InChI=1S/C17H15N3O3/c21-17(20-5-7-22-8-6-20)14-11-18-10-13(19-14)16-9-12-3-1-2-4-15(12)23-16/h1-4,9-11H,5-8H2. The highest BCUT2D eigenvalue weighted by atomic mass is 16.5. The van der Waals surface area contributed by atoms with Crippen LogP contribution in [0.3, 0.4) is 0 Å². The quantitative estimate of drug-likeness (QED) is 0.727. The van der Waals surface area contributed by atoms with Gasteiger partial charge in [-0.3, -0.25) is 9.78 Å². The molecule has 0 N–H and O–H groups in total. The smallest absolute Gasteiger partial charge is 0.274 e. The first-order chi connectivity index (χ1) is 11.3. The van der Waals surface area contributed by atoms with Crippen LogP contribution in [-0.4, -0.2) is 47.1 Å². The van der Waals surface area contributed by atoms with Crippen LogP contribution >= 0.6 is 0 Å². The molecule has 0 saturated carbocycles. The Balaban J connectivity index is 1.66. The fourth-order valence-electron chi connectivity index (χ4n) is 2.62. The van der Waals surface area contributed by atoms with Gasteiger partial charge in [0, 0.05) is 18.5 Å². The summed E-state index contributed by atoms with van der Waals surface area (Å²) in [6, 6.07) is 9.64. The average molecular weight is 309 g/mol. The first kappa shape index (κ1) is 13.9. The van der Waals surface area contributed by atoms with Crippen molar-refractivity contribution in [1.82, 2.24) is 14.9 Å². The Labute approximate surface area is 132 Å². The predicted octanol–water partition coefficient (Wildman–Crippen LogP) is 2.36. The first-order valence-electron chi connectivity index (χ1n) is 7.49. The summed E-state index contributed by atoms with van der Waals surface area (Å²) in [4.78, 5) is 22.8. The van der Waals surface area contributed by atoms with E-state index in [9.17, 15) is 4.79 Å². The Bertz CT molecular complexity index is 820. The zero-order valence-electron chi connectivity index (χ0n) is 12.4. The number of morpholine rings is 1. The van der Waals surface area contributed by atoms with Gasteiger partial charge in [0.15, 0.2) is 5.76 Å². The lowest BCUT2D eigenvalue weighted by molar-refractivity contribution is 0.0299. The molecule has 0 aliphatic carbocycles. The lowest BCUT2D eigenvalue weighted by Gasteiger charge is -2.26. The number of rotatable bonds is 2. The fourth-order valence-corrected chi connectivity index (χ4v) is 2.62. The number of para-hydroxylation sites is 1. The van der Waals surface area contributed by atoms with Crippen LogP contribution in [0.25, 0.3) is 22.4 Å². The second-order valence-electron chi connectivity index (χ2n) is 5.34. The van der Waals surface area contributed by atoms with Gasteiger partial charge < -0.3 is 14.1 Å². The van der Waals surface area contributed by atoms with Crippen molar-refractivity contribution in [2.75, 3.05) is 26.3 Å². The van der Waals surface area contributed by atoms with E-state index in [1.807, 2.05) is 30.3 Å². The molecule has 1 aromatic carbocycles. The Morgan fingerprint density at radius 2 is 1.96 bits per heavy atom. The number of hydrogen-bond acceptors (Lipinski definition) is 5. The highest BCUT2D eigenvalue weighted by Crippen LogP contribution is 2.26. The summed E-state index contributed by atoms with van der Waals surface area (Å²) in [5.41, 5.74) is 1.67. The fraction of sp³-hybridized carbons (Fsp3) is 0.235. The van der Waals surface area contributed by atoms with E-state index in [1.54, 1.807) is 11.1 Å². The molecule has 6 nitrogen and oxygen atoms in total. The van der Waals surface area contributed by atoms with Crippen molar-refractivity contribution in [3.8, 4) is 11.5 Å². The van der Waals surface area contributed by atoms with Crippen LogP contribution in [-0.2, 0) is 4.74 Å². The minimum atomic E-state index is -0.126. The van der Waals surface area contributed by atoms with Crippen molar-refractivity contribution in [1.29, 1.82) is 0 Å². The summed E-state index contributed by atoms with van der Waals surface area (Å²) in [5.74, 6) is 0.481. The third-order valence-electron chi connectivity index (χ3n) is 3.83. The number of carbonyl (C=O) groups is 1. The molecule has 3 aromatic rings. The maximum atomic E-state index is 12.5. The zero-order chi connectivity index (χ0) is 15.6. The number of nitrogens with zero attached hydrogens (tertiary/aromatic N) is 3. The predicted molar refractivity (Wildman–Crippen MR) is 84.0 cm³/mol. The highest BCUT2D eigenvalue weighted by molar-refractivity contribution is 5.92. The molecular formula is C17H15N3O3. The maximum absolute atomic E-state index is 12.5. The van der Waals surface area contributed by atoms with Crippen LogP contribution in [0.5, 0.6) is 0 Å². The summed E-state index contributed by atoms with van der Waals surface area (Å²) in [7, 11) is 0. The van der Waals surface area contributed by atoms with Crippen molar-refractivity contribution in [3.63, 3.8) is 0 Å². The number of benzene rings is 1. The minimum absolute atomic E-state index is 0.126. The third-order valence-corrected chi connectivity index (χ3v) is 3.83. The molecule has 0 atom stereocenters. The van der Waals surface area contributed by atoms with Crippen LogP contribution < -0.4 is 0 Å². The van der Waals surface area contributed by atoms with Crippen molar-refractivity contribution in [2.24, 2.45) is 0 Å². The molecule has 3 heterocycles. The number of carbonyl (C=O) groups excluding carboxylic acids is 1. The Morgan fingerprint density at radius 1 is 1.13 bits per heavy atom. The minimum Gasteiger partial charge on any atom is -0.454 e. The summed E-state index contributed by atoms with van der Waals surface area (Å²) in [5, 5.41) is 0.995. The van der Waals surface area contributed by atoms with Crippen molar-refractivity contribution in [2.45, 2.75) is 0 Å². The summed E-state index contributed by atoms with van der Waals surface area (Å²) < 4.78 is 11.1. The number of amides is 1. The van der Waals surface area contributed by atoms with Gasteiger partial charge in [0.25, 0.3) is 5.91 Å². The van der Waals surface area contributed by atoms with Crippen LogP contribution in [0.4, 0.5) is 0 Å². The number of ether oxygens (including phenoxy) is 1. The van der Waals surface area contributed by atoms with Gasteiger partial charge in [0.2, 0.25) is 0 Å². The van der Waals surface area contributed by atoms with E-state index in [-0.39, 0.29) is 5.91 Å². The van der Waals surface area contributed by atoms with E-state index in [1.165, 1.54) is 6.20 Å². The SMILES string of the molecule is O=C(c1cncc(-c2cc3ccccc3o2)n1)N1CCOCC1. The van der Waals surface area contributed by atoms with Gasteiger partial charge in [-0.1, -0.05) is 18.2 Å². The Morgan fingerprint density at radius 3 is 2.78 bits per heavy atom. The van der Waals surface area contributed by atoms with E-state index in [0.29, 0.717) is 43.5 Å². The van der Waals surface area contributed by atoms with Crippen LogP contribution in [0.15, 0.2) is 47.1 Å². The van der Waals surface area contributed by atoms with E-state index in [4.69, 9.17) is 9.15 Å². The largest absolute Gasteiger partial charge is 0.454 e. The molecule has 1 fully saturated rings. The second-order valence-corrected chi connectivity index (χ2v) is 5.34. The molecule has 0 spiro atoms. The monoisotopic (exact) mass is 309 g/mol.